The molecule has 0 aliphatic rings. The summed E-state index contributed by atoms with van der Waals surface area (Å²) in [5, 5.41) is 0.678. The van der Waals surface area contributed by atoms with Gasteiger partial charge in [-0.25, -0.2) is 4.39 Å². The number of thiophene rings is 1. The van der Waals surface area contributed by atoms with Crippen molar-refractivity contribution in [2.45, 2.75) is 4.90 Å². The first-order valence-electron chi connectivity index (χ1n) is 3.25. The lowest BCUT2D eigenvalue weighted by Gasteiger charge is -1.90. The molecule has 0 spiro atoms. The van der Waals surface area contributed by atoms with Crippen LogP contribution in [0.2, 0.25) is 0 Å². The average Bonchev–Trinajstić information content (AvgIpc) is 2.31. The fraction of sp³-hybridized carbons (Fsp3) is 0. The molecule has 1 heterocycles. The molecular formula is C8H4FIS2. The Morgan fingerprint density at radius 3 is 2.92 bits per heavy atom. The van der Waals surface area contributed by atoms with E-state index in [1.165, 1.54) is 11.3 Å². The molecule has 0 saturated heterocycles. The van der Waals surface area contributed by atoms with E-state index in [9.17, 15) is 4.39 Å². The van der Waals surface area contributed by atoms with Crippen LogP contribution in [0, 0.1) is 8.70 Å². The Balaban J connectivity index is 2.88. The molecule has 0 bridgehead atoms. The van der Waals surface area contributed by atoms with Gasteiger partial charge in [0, 0.05) is 15.0 Å². The quantitative estimate of drug-likeness (QED) is 0.553. The van der Waals surface area contributed by atoms with Gasteiger partial charge in [-0.3, -0.25) is 0 Å². The Morgan fingerprint density at radius 1 is 1.42 bits per heavy atom. The Hall–Kier alpha value is 0.190. The van der Waals surface area contributed by atoms with Crippen LogP contribution in [0.5, 0.6) is 0 Å². The first-order valence-corrected chi connectivity index (χ1v) is 5.59. The number of halogens is 2. The summed E-state index contributed by atoms with van der Waals surface area (Å²) < 4.78 is 15.0. The van der Waals surface area contributed by atoms with Gasteiger partial charge in [-0.2, -0.15) is 0 Å². The van der Waals surface area contributed by atoms with E-state index in [4.69, 9.17) is 0 Å². The largest absolute Gasteiger partial charge is 0.204 e. The van der Waals surface area contributed by atoms with Crippen molar-refractivity contribution in [3.05, 3.63) is 26.9 Å². The summed E-state index contributed by atoms with van der Waals surface area (Å²) in [6.45, 7) is 0. The van der Waals surface area contributed by atoms with Crippen LogP contribution in [0.25, 0.3) is 10.1 Å². The first kappa shape index (κ1) is 8.77. The number of rotatable bonds is 0. The molecule has 0 radical (unpaired) electrons. The molecule has 0 fully saturated rings. The lowest BCUT2D eigenvalue weighted by atomic mass is 10.2. The average molecular weight is 310 g/mol. The normalized spacial score (nSPS) is 10.9. The molecule has 2 aromatic rings. The molecule has 0 atom stereocenters. The van der Waals surface area contributed by atoms with Gasteiger partial charge in [0.2, 0.25) is 0 Å². The minimum Gasteiger partial charge on any atom is -0.204 e. The maximum absolute atomic E-state index is 13.3. The van der Waals surface area contributed by atoms with Crippen LogP contribution in [-0.4, -0.2) is 0 Å². The van der Waals surface area contributed by atoms with Gasteiger partial charge in [0.25, 0.3) is 0 Å². The van der Waals surface area contributed by atoms with E-state index in [-0.39, 0.29) is 5.82 Å². The van der Waals surface area contributed by atoms with Crippen LogP contribution in [0.3, 0.4) is 0 Å². The summed E-state index contributed by atoms with van der Waals surface area (Å²) in [6, 6.07) is 5.53. The molecule has 1 aromatic heterocycles. The predicted octanol–water partition coefficient (Wildman–Crippen LogP) is 3.93. The molecule has 0 N–H and O–H groups in total. The van der Waals surface area contributed by atoms with Gasteiger partial charge in [-0.15, -0.1) is 24.0 Å². The lowest BCUT2D eigenvalue weighted by Crippen LogP contribution is -1.71. The van der Waals surface area contributed by atoms with E-state index in [1.54, 1.807) is 6.07 Å². The minimum absolute atomic E-state index is 0.119. The van der Waals surface area contributed by atoms with Gasteiger partial charge in [-0.05, 0) is 40.8 Å². The molecule has 1 aromatic carbocycles. The molecular weight excluding hydrogens is 306 g/mol. The zero-order chi connectivity index (χ0) is 8.72. The molecule has 62 valence electrons. The molecule has 0 saturated carbocycles. The van der Waals surface area contributed by atoms with Crippen molar-refractivity contribution in [3.63, 3.8) is 0 Å². The van der Waals surface area contributed by atoms with Crippen molar-refractivity contribution in [3.8, 4) is 0 Å². The molecule has 0 amide bonds. The number of hydrogen-bond acceptors (Lipinski definition) is 2. The second kappa shape index (κ2) is 3.16. The van der Waals surface area contributed by atoms with E-state index in [1.807, 2.05) is 34.7 Å². The van der Waals surface area contributed by atoms with Crippen molar-refractivity contribution < 1.29 is 4.39 Å². The SMILES string of the molecule is Fc1c(I)sc2ccc(S)cc12. The molecule has 0 aliphatic heterocycles. The Morgan fingerprint density at radius 2 is 2.17 bits per heavy atom. The minimum atomic E-state index is -0.119. The summed E-state index contributed by atoms with van der Waals surface area (Å²) in [4.78, 5) is 0.801. The highest BCUT2D eigenvalue weighted by Crippen LogP contribution is 2.32. The molecule has 12 heavy (non-hydrogen) atoms. The van der Waals surface area contributed by atoms with Crippen molar-refractivity contribution in [2.24, 2.45) is 0 Å². The third-order valence-electron chi connectivity index (χ3n) is 1.57. The van der Waals surface area contributed by atoms with Gasteiger partial charge in [-0.1, -0.05) is 0 Å². The summed E-state index contributed by atoms with van der Waals surface area (Å²) in [5.74, 6) is -0.119. The van der Waals surface area contributed by atoms with E-state index in [0.717, 1.165) is 9.60 Å². The smallest absolute Gasteiger partial charge is 0.155 e. The standard InChI is InChI=1S/C8H4FIS2/c9-7-5-3-4(11)1-2-6(5)12-8(7)10/h1-3,11H. The number of fused-ring (bicyclic) bond motifs is 1. The second-order valence-corrected chi connectivity index (χ2v) is 5.75. The highest BCUT2D eigenvalue weighted by Gasteiger charge is 2.08. The van der Waals surface area contributed by atoms with E-state index in [0.29, 0.717) is 8.27 Å². The zero-order valence-electron chi connectivity index (χ0n) is 5.84. The van der Waals surface area contributed by atoms with Crippen LogP contribution >= 0.6 is 46.6 Å². The van der Waals surface area contributed by atoms with Gasteiger partial charge in [0.1, 0.15) is 2.88 Å². The van der Waals surface area contributed by atoms with Crippen LogP contribution in [0.4, 0.5) is 4.39 Å². The molecule has 0 aliphatic carbocycles. The third kappa shape index (κ3) is 1.36. The second-order valence-electron chi connectivity index (χ2n) is 2.37. The summed E-state index contributed by atoms with van der Waals surface area (Å²) in [6.07, 6.45) is 0. The van der Waals surface area contributed by atoms with E-state index < -0.39 is 0 Å². The van der Waals surface area contributed by atoms with Gasteiger partial charge in [0.05, 0.1) is 0 Å². The monoisotopic (exact) mass is 310 g/mol. The third-order valence-corrected chi connectivity index (χ3v) is 3.92. The molecule has 2 rings (SSSR count). The first-order chi connectivity index (χ1) is 5.68. The highest BCUT2D eigenvalue weighted by molar-refractivity contribution is 14.1. The fourth-order valence-corrected chi connectivity index (χ4v) is 3.02. The zero-order valence-corrected chi connectivity index (χ0v) is 9.71. The summed E-state index contributed by atoms with van der Waals surface area (Å²) in [5.41, 5.74) is 0. The number of benzene rings is 1. The van der Waals surface area contributed by atoms with Gasteiger partial charge < -0.3 is 0 Å². The highest BCUT2D eigenvalue weighted by atomic mass is 127. The Kier molecular flexibility index (Phi) is 2.31. The molecule has 4 heteroatoms. The predicted molar refractivity (Wildman–Crippen MR) is 61.8 cm³/mol. The van der Waals surface area contributed by atoms with Gasteiger partial charge >= 0.3 is 0 Å². The molecule has 0 nitrogen and oxygen atoms in total. The maximum Gasteiger partial charge on any atom is 0.155 e. The van der Waals surface area contributed by atoms with E-state index in [2.05, 4.69) is 12.6 Å². The fourth-order valence-electron chi connectivity index (χ4n) is 1.03. The van der Waals surface area contributed by atoms with E-state index >= 15 is 0 Å². The van der Waals surface area contributed by atoms with Gasteiger partial charge in [0.15, 0.2) is 5.82 Å². The van der Waals surface area contributed by atoms with Crippen LogP contribution < -0.4 is 0 Å². The van der Waals surface area contributed by atoms with Crippen molar-refractivity contribution in [1.29, 1.82) is 0 Å². The molecule has 0 unspecified atom stereocenters. The maximum atomic E-state index is 13.3. The number of thiol groups is 1. The van der Waals surface area contributed by atoms with Crippen molar-refractivity contribution >= 4 is 56.6 Å². The lowest BCUT2D eigenvalue weighted by molar-refractivity contribution is 0.638. The Bertz CT molecular complexity index is 436. The number of hydrogen-bond donors (Lipinski definition) is 1. The van der Waals surface area contributed by atoms with Crippen LogP contribution in [0.15, 0.2) is 23.1 Å². The van der Waals surface area contributed by atoms with Crippen molar-refractivity contribution in [1.82, 2.24) is 0 Å². The summed E-state index contributed by atoms with van der Waals surface area (Å²) >= 11 is 7.63. The van der Waals surface area contributed by atoms with Crippen molar-refractivity contribution in [2.75, 3.05) is 0 Å². The van der Waals surface area contributed by atoms with Crippen LogP contribution in [-0.2, 0) is 0 Å². The summed E-state index contributed by atoms with van der Waals surface area (Å²) in [7, 11) is 0. The topological polar surface area (TPSA) is 0 Å². The van der Waals surface area contributed by atoms with Crippen LogP contribution in [0.1, 0.15) is 0 Å². The Labute approximate surface area is 92.3 Å².